The van der Waals surface area contributed by atoms with E-state index in [1.165, 1.54) is 0 Å². The fourth-order valence-electron chi connectivity index (χ4n) is 1.61. The zero-order valence-corrected chi connectivity index (χ0v) is 10.1. The van der Waals surface area contributed by atoms with Gasteiger partial charge < -0.3 is 5.73 Å². The zero-order chi connectivity index (χ0) is 11.7. The van der Waals surface area contributed by atoms with Gasteiger partial charge in [-0.25, -0.2) is 0 Å². The molecule has 0 aliphatic carbocycles. The van der Waals surface area contributed by atoms with Crippen LogP contribution >= 0.6 is 11.6 Å². The van der Waals surface area contributed by atoms with E-state index in [-0.39, 0.29) is 0 Å². The molecule has 0 radical (unpaired) electrons. The van der Waals surface area contributed by atoms with E-state index in [9.17, 15) is 0 Å². The largest absolute Gasteiger partial charge is 0.382 e. The first-order valence-corrected chi connectivity index (χ1v) is 5.48. The van der Waals surface area contributed by atoms with Gasteiger partial charge in [0.25, 0.3) is 0 Å². The van der Waals surface area contributed by atoms with Crippen LogP contribution in [0.25, 0.3) is 0 Å². The second-order valence-electron chi connectivity index (χ2n) is 3.62. The number of rotatable bonds is 3. The molecule has 86 valence electrons. The molecule has 0 aromatic carbocycles. The Balaban J connectivity index is 2.30. The monoisotopic (exact) mass is 239 g/mol. The summed E-state index contributed by atoms with van der Waals surface area (Å²) in [7, 11) is 1.88. The molecule has 0 spiro atoms. The van der Waals surface area contributed by atoms with Crippen LogP contribution in [-0.4, -0.2) is 19.6 Å². The summed E-state index contributed by atoms with van der Waals surface area (Å²) in [5, 5.41) is 9.18. The van der Waals surface area contributed by atoms with Crippen molar-refractivity contribution >= 4 is 17.4 Å². The molecule has 2 N–H and O–H groups in total. The maximum Gasteiger partial charge on any atom is 0.145 e. The van der Waals surface area contributed by atoms with E-state index in [2.05, 4.69) is 10.2 Å². The number of hydrogen-bond donors (Lipinski definition) is 1. The van der Waals surface area contributed by atoms with Gasteiger partial charge in [-0.05, 0) is 12.5 Å². The average Bonchev–Trinajstić information content (AvgIpc) is 2.77. The van der Waals surface area contributed by atoms with Crippen molar-refractivity contribution in [3.8, 4) is 0 Å². The minimum Gasteiger partial charge on any atom is -0.382 e. The second-order valence-corrected chi connectivity index (χ2v) is 4.00. The molecule has 0 atom stereocenters. The quantitative estimate of drug-likeness (QED) is 0.882. The molecule has 0 aliphatic heterocycles. The highest BCUT2D eigenvalue weighted by Crippen LogP contribution is 2.21. The lowest BCUT2D eigenvalue weighted by atomic mass is 10.3. The molecule has 6 heteroatoms. The Hall–Kier alpha value is -1.49. The summed E-state index contributed by atoms with van der Waals surface area (Å²) in [6.45, 7) is 2.61. The van der Waals surface area contributed by atoms with Gasteiger partial charge in [0.2, 0.25) is 0 Å². The van der Waals surface area contributed by atoms with Crippen LogP contribution in [0, 0.1) is 0 Å². The van der Waals surface area contributed by atoms with Crippen LogP contribution in [-0.2, 0) is 20.0 Å². The third-order valence-corrected chi connectivity index (χ3v) is 2.91. The standard InChI is InChI=1S/C10H14ClN5/c1-3-7-10(11)8(15(2)13-7)6-16-5-4-9(12)14-16/h4-5H,3,6H2,1-2H3,(H2,12,14). The first kappa shape index (κ1) is 11.0. The number of aryl methyl sites for hydroxylation is 2. The number of anilines is 1. The highest BCUT2D eigenvalue weighted by Gasteiger charge is 2.13. The minimum atomic E-state index is 0.508. The third kappa shape index (κ3) is 1.90. The molecule has 0 unspecified atom stereocenters. The van der Waals surface area contributed by atoms with Crippen molar-refractivity contribution in [1.29, 1.82) is 0 Å². The topological polar surface area (TPSA) is 61.7 Å². The van der Waals surface area contributed by atoms with E-state index in [0.29, 0.717) is 12.4 Å². The van der Waals surface area contributed by atoms with Gasteiger partial charge in [0, 0.05) is 13.2 Å². The predicted octanol–water partition coefficient (Wildman–Crippen LogP) is 1.46. The predicted molar refractivity (Wildman–Crippen MR) is 63.3 cm³/mol. The van der Waals surface area contributed by atoms with Gasteiger partial charge in [0.15, 0.2) is 0 Å². The molecular formula is C10H14ClN5. The van der Waals surface area contributed by atoms with E-state index >= 15 is 0 Å². The van der Waals surface area contributed by atoms with E-state index < -0.39 is 0 Å². The van der Waals surface area contributed by atoms with Gasteiger partial charge in [0.1, 0.15) is 5.82 Å². The summed E-state index contributed by atoms with van der Waals surface area (Å²) in [5.41, 5.74) is 7.41. The number of nitrogen functional groups attached to an aromatic ring is 1. The zero-order valence-electron chi connectivity index (χ0n) is 9.31. The van der Waals surface area contributed by atoms with E-state index in [1.807, 2.05) is 20.2 Å². The van der Waals surface area contributed by atoms with E-state index in [0.717, 1.165) is 22.8 Å². The lowest BCUT2D eigenvalue weighted by molar-refractivity contribution is 0.619. The van der Waals surface area contributed by atoms with Crippen molar-refractivity contribution < 1.29 is 0 Å². The minimum absolute atomic E-state index is 0.508. The van der Waals surface area contributed by atoms with Crippen LogP contribution in [0.4, 0.5) is 5.82 Å². The van der Waals surface area contributed by atoms with Gasteiger partial charge in [0.05, 0.1) is 23.0 Å². The first-order valence-electron chi connectivity index (χ1n) is 5.11. The number of aromatic nitrogens is 4. The molecule has 16 heavy (non-hydrogen) atoms. The molecule has 5 nitrogen and oxygen atoms in total. The maximum absolute atomic E-state index is 6.23. The van der Waals surface area contributed by atoms with Crippen molar-refractivity contribution in [2.75, 3.05) is 5.73 Å². The first-order chi connectivity index (χ1) is 7.61. The van der Waals surface area contributed by atoms with Crippen molar-refractivity contribution in [2.24, 2.45) is 7.05 Å². The van der Waals surface area contributed by atoms with Crippen molar-refractivity contribution in [1.82, 2.24) is 19.6 Å². The Bertz CT molecular complexity index is 499. The molecule has 0 amide bonds. The van der Waals surface area contributed by atoms with Crippen LogP contribution in [0.3, 0.4) is 0 Å². The summed E-state index contributed by atoms with van der Waals surface area (Å²) in [4.78, 5) is 0. The Morgan fingerprint density at radius 2 is 2.19 bits per heavy atom. The lowest BCUT2D eigenvalue weighted by Crippen LogP contribution is -2.06. The summed E-state index contributed by atoms with van der Waals surface area (Å²) in [6.07, 6.45) is 2.65. The van der Waals surface area contributed by atoms with Crippen LogP contribution < -0.4 is 5.73 Å². The van der Waals surface area contributed by atoms with Gasteiger partial charge in [-0.1, -0.05) is 18.5 Å². The molecule has 2 aromatic heterocycles. The van der Waals surface area contributed by atoms with Crippen molar-refractivity contribution in [2.45, 2.75) is 19.9 Å². The average molecular weight is 240 g/mol. The smallest absolute Gasteiger partial charge is 0.145 e. The summed E-state index contributed by atoms with van der Waals surface area (Å²) >= 11 is 6.23. The molecule has 2 aromatic rings. The summed E-state index contributed by atoms with van der Waals surface area (Å²) < 4.78 is 3.54. The normalized spacial score (nSPS) is 10.9. The van der Waals surface area contributed by atoms with Crippen LogP contribution in [0.2, 0.25) is 5.02 Å². The Kier molecular flexibility index (Phi) is 2.87. The maximum atomic E-state index is 6.23. The third-order valence-electron chi connectivity index (χ3n) is 2.48. The molecule has 0 saturated heterocycles. The highest BCUT2D eigenvalue weighted by atomic mass is 35.5. The molecule has 0 aliphatic rings. The van der Waals surface area contributed by atoms with Crippen LogP contribution in [0.5, 0.6) is 0 Å². The van der Waals surface area contributed by atoms with E-state index in [4.69, 9.17) is 17.3 Å². The molecular weight excluding hydrogens is 226 g/mol. The number of halogens is 1. The Morgan fingerprint density at radius 3 is 2.69 bits per heavy atom. The van der Waals surface area contributed by atoms with Gasteiger partial charge in [-0.2, -0.15) is 10.2 Å². The van der Waals surface area contributed by atoms with Gasteiger partial charge in [-0.15, -0.1) is 0 Å². The fraction of sp³-hybridized carbons (Fsp3) is 0.400. The van der Waals surface area contributed by atoms with Crippen LogP contribution in [0.1, 0.15) is 18.3 Å². The van der Waals surface area contributed by atoms with Crippen molar-refractivity contribution in [3.63, 3.8) is 0 Å². The van der Waals surface area contributed by atoms with E-state index in [1.54, 1.807) is 15.4 Å². The molecule has 0 bridgehead atoms. The van der Waals surface area contributed by atoms with Gasteiger partial charge >= 0.3 is 0 Å². The van der Waals surface area contributed by atoms with Gasteiger partial charge in [-0.3, -0.25) is 9.36 Å². The number of nitrogens with zero attached hydrogens (tertiary/aromatic N) is 4. The summed E-state index contributed by atoms with van der Waals surface area (Å²) in [6, 6.07) is 1.75. The summed E-state index contributed by atoms with van der Waals surface area (Å²) in [5.74, 6) is 0.508. The Morgan fingerprint density at radius 1 is 1.44 bits per heavy atom. The van der Waals surface area contributed by atoms with Crippen molar-refractivity contribution in [3.05, 3.63) is 28.7 Å². The molecule has 2 heterocycles. The number of hydrogen-bond acceptors (Lipinski definition) is 3. The Labute approximate surface area is 98.8 Å². The fourth-order valence-corrected chi connectivity index (χ4v) is 1.96. The number of nitrogens with two attached hydrogens (primary N) is 1. The second kappa shape index (κ2) is 4.17. The SMILES string of the molecule is CCc1nn(C)c(Cn2ccc(N)n2)c1Cl. The molecule has 2 rings (SSSR count). The van der Waals surface area contributed by atoms with Crippen LogP contribution in [0.15, 0.2) is 12.3 Å². The lowest BCUT2D eigenvalue weighted by Gasteiger charge is -2.02. The highest BCUT2D eigenvalue weighted by molar-refractivity contribution is 6.31. The molecule has 0 fully saturated rings. The molecule has 0 saturated carbocycles.